The van der Waals surface area contributed by atoms with E-state index in [1.54, 1.807) is 11.0 Å². The number of benzene rings is 3. The summed E-state index contributed by atoms with van der Waals surface area (Å²) in [5.41, 5.74) is 2.94. The van der Waals surface area contributed by atoms with Crippen LogP contribution in [-0.4, -0.2) is 34.6 Å². The fourth-order valence-electron chi connectivity index (χ4n) is 3.80. The molecular formula is C29H31BrCl2N2O2S. The van der Waals surface area contributed by atoms with Gasteiger partial charge in [-0.05, 0) is 54.3 Å². The number of halogens is 3. The van der Waals surface area contributed by atoms with Gasteiger partial charge in [-0.25, -0.2) is 0 Å². The lowest BCUT2D eigenvalue weighted by Gasteiger charge is -2.32. The number of thioether (sulfide) groups is 1. The van der Waals surface area contributed by atoms with Gasteiger partial charge in [0.25, 0.3) is 0 Å². The highest BCUT2D eigenvalue weighted by Gasteiger charge is 2.31. The van der Waals surface area contributed by atoms with Crippen molar-refractivity contribution in [2.24, 2.45) is 0 Å². The Kier molecular flexibility index (Phi) is 11.8. The quantitative estimate of drug-likeness (QED) is 0.227. The van der Waals surface area contributed by atoms with Crippen molar-refractivity contribution in [3.05, 3.63) is 104 Å². The SMILES string of the molecule is CC[C@H](C)NC(=O)[C@@H](Cc1ccccc1)N(Cc1cccc(Br)c1)C(=O)CSCc1ccc(Cl)c(Cl)c1. The molecule has 2 atom stereocenters. The van der Waals surface area contributed by atoms with Crippen molar-refractivity contribution in [3.63, 3.8) is 0 Å². The van der Waals surface area contributed by atoms with Crippen LogP contribution in [0.5, 0.6) is 0 Å². The van der Waals surface area contributed by atoms with Crippen molar-refractivity contribution in [1.29, 1.82) is 0 Å². The van der Waals surface area contributed by atoms with Crippen molar-refractivity contribution >= 4 is 62.7 Å². The molecule has 0 aliphatic heterocycles. The van der Waals surface area contributed by atoms with Crippen LogP contribution in [0.15, 0.2) is 77.3 Å². The molecule has 0 aromatic heterocycles. The predicted octanol–water partition coefficient (Wildman–Crippen LogP) is 7.54. The maximum Gasteiger partial charge on any atom is 0.243 e. The van der Waals surface area contributed by atoms with E-state index in [9.17, 15) is 9.59 Å². The number of carbonyl (C=O) groups is 2. The van der Waals surface area contributed by atoms with Crippen LogP contribution in [0, 0.1) is 0 Å². The zero-order valence-electron chi connectivity index (χ0n) is 20.9. The number of hydrogen-bond donors (Lipinski definition) is 1. The van der Waals surface area contributed by atoms with Gasteiger partial charge in [-0.1, -0.05) is 94.6 Å². The van der Waals surface area contributed by atoms with E-state index in [0.717, 1.165) is 27.6 Å². The van der Waals surface area contributed by atoms with Crippen LogP contribution in [-0.2, 0) is 28.3 Å². The lowest BCUT2D eigenvalue weighted by Crippen LogP contribution is -2.52. The summed E-state index contributed by atoms with van der Waals surface area (Å²) in [5, 5.41) is 4.09. The van der Waals surface area contributed by atoms with Crippen molar-refractivity contribution in [2.75, 3.05) is 5.75 Å². The van der Waals surface area contributed by atoms with Crippen LogP contribution in [0.3, 0.4) is 0 Å². The summed E-state index contributed by atoms with van der Waals surface area (Å²) in [5.74, 6) is 0.604. The van der Waals surface area contributed by atoms with Gasteiger partial charge >= 0.3 is 0 Å². The second-order valence-corrected chi connectivity index (χ2v) is 11.6. The van der Waals surface area contributed by atoms with E-state index in [0.29, 0.717) is 28.8 Å². The maximum atomic E-state index is 13.7. The first-order valence-corrected chi connectivity index (χ1v) is 14.9. The number of carbonyl (C=O) groups excluding carboxylic acids is 2. The summed E-state index contributed by atoms with van der Waals surface area (Å²) >= 11 is 17.2. The molecule has 0 saturated carbocycles. The first kappa shape index (κ1) is 29.6. The third-order valence-corrected chi connectivity index (χ3v) is 8.21. The normalized spacial score (nSPS) is 12.6. The highest BCUT2D eigenvalue weighted by atomic mass is 79.9. The lowest BCUT2D eigenvalue weighted by atomic mass is 10.0. The van der Waals surface area contributed by atoms with Crippen molar-refractivity contribution in [1.82, 2.24) is 10.2 Å². The van der Waals surface area contributed by atoms with E-state index < -0.39 is 6.04 Å². The lowest BCUT2D eigenvalue weighted by molar-refractivity contribution is -0.139. The van der Waals surface area contributed by atoms with Crippen molar-refractivity contribution in [3.8, 4) is 0 Å². The number of nitrogens with zero attached hydrogens (tertiary/aromatic N) is 1. The molecule has 196 valence electrons. The molecular weight excluding hydrogens is 591 g/mol. The van der Waals surface area contributed by atoms with E-state index >= 15 is 0 Å². The van der Waals surface area contributed by atoms with Crippen LogP contribution >= 0.6 is 50.9 Å². The van der Waals surface area contributed by atoms with Gasteiger partial charge in [-0.2, -0.15) is 0 Å². The molecule has 0 aliphatic rings. The van der Waals surface area contributed by atoms with Gasteiger partial charge in [0.05, 0.1) is 15.8 Å². The molecule has 2 amide bonds. The Bertz CT molecular complexity index is 1200. The third-order valence-electron chi connectivity index (χ3n) is 5.99. The smallest absolute Gasteiger partial charge is 0.243 e. The minimum atomic E-state index is -0.645. The fourth-order valence-corrected chi connectivity index (χ4v) is 5.42. The van der Waals surface area contributed by atoms with Gasteiger partial charge in [-0.3, -0.25) is 9.59 Å². The van der Waals surface area contributed by atoms with Gasteiger partial charge in [0.2, 0.25) is 11.8 Å². The monoisotopic (exact) mass is 620 g/mol. The summed E-state index contributed by atoms with van der Waals surface area (Å²) in [7, 11) is 0. The average Bonchev–Trinajstić information content (AvgIpc) is 2.88. The Morgan fingerprint density at radius 2 is 1.68 bits per heavy atom. The molecule has 0 radical (unpaired) electrons. The van der Waals surface area contributed by atoms with Gasteiger partial charge in [-0.15, -0.1) is 11.8 Å². The molecule has 0 spiro atoms. The Labute approximate surface area is 242 Å². The number of rotatable bonds is 12. The predicted molar refractivity (Wildman–Crippen MR) is 159 cm³/mol. The molecule has 1 N–H and O–H groups in total. The van der Waals surface area contributed by atoms with Gasteiger partial charge in [0.15, 0.2) is 0 Å². The Morgan fingerprint density at radius 3 is 2.35 bits per heavy atom. The van der Waals surface area contributed by atoms with Gasteiger partial charge in [0.1, 0.15) is 6.04 Å². The zero-order chi connectivity index (χ0) is 26.8. The molecule has 0 saturated heterocycles. The zero-order valence-corrected chi connectivity index (χ0v) is 24.8. The molecule has 0 fully saturated rings. The summed E-state index contributed by atoms with van der Waals surface area (Å²) in [6, 6.07) is 22.5. The molecule has 3 aromatic rings. The Morgan fingerprint density at radius 1 is 0.946 bits per heavy atom. The van der Waals surface area contributed by atoms with E-state index in [1.807, 2.05) is 80.6 Å². The van der Waals surface area contributed by atoms with Crippen LogP contribution in [0.1, 0.15) is 37.0 Å². The summed E-state index contributed by atoms with van der Waals surface area (Å²) in [6.07, 6.45) is 1.24. The van der Waals surface area contributed by atoms with E-state index in [4.69, 9.17) is 23.2 Å². The minimum absolute atomic E-state index is 0.0117. The second-order valence-electron chi connectivity index (χ2n) is 8.92. The Hall–Kier alpha value is -1.99. The van der Waals surface area contributed by atoms with Crippen molar-refractivity contribution in [2.45, 2.75) is 51.1 Å². The van der Waals surface area contributed by atoms with Crippen LogP contribution < -0.4 is 5.32 Å². The van der Waals surface area contributed by atoms with Gasteiger partial charge in [0, 0.05) is 29.2 Å². The van der Waals surface area contributed by atoms with Crippen LogP contribution in [0.25, 0.3) is 0 Å². The summed E-state index contributed by atoms with van der Waals surface area (Å²) in [4.78, 5) is 29.0. The molecule has 0 aliphatic carbocycles. The van der Waals surface area contributed by atoms with E-state index in [1.165, 1.54) is 11.8 Å². The van der Waals surface area contributed by atoms with Crippen LogP contribution in [0.4, 0.5) is 0 Å². The standard InChI is InChI=1S/C29H31BrCl2N2O2S/c1-3-20(2)33-29(36)27(16-21-8-5-4-6-9-21)34(17-22-10-7-11-24(30)14-22)28(35)19-37-18-23-12-13-25(31)26(32)15-23/h4-15,20,27H,3,16-19H2,1-2H3,(H,33,36)/t20-,27+/m0/s1. The molecule has 8 heteroatoms. The molecule has 0 heterocycles. The first-order valence-electron chi connectivity index (χ1n) is 12.2. The molecule has 3 aromatic carbocycles. The fraction of sp³-hybridized carbons (Fsp3) is 0.310. The average molecular weight is 622 g/mol. The first-order chi connectivity index (χ1) is 17.8. The van der Waals surface area contributed by atoms with Crippen molar-refractivity contribution < 1.29 is 9.59 Å². The molecule has 3 rings (SSSR count). The highest BCUT2D eigenvalue weighted by Crippen LogP contribution is 2.25. The number of amides is 2. The van der Waals surface area contributed by atoms with E-state index in [-0.39, 0.29) is 23.6 Å². The topological polar surface area (TPSA) is 49.4 Å². The minimum Gasteiger partial charge on any atom is -0.352 e. The summed E-state index contributed by atoms with van der Waals surface area (Å²) < 4.78 is 0.926. The maximum absolute atomic E-state index is 13.7. The third kappa shape index (κ3) is 9.36. The summed E-state index contributed by atoms with van der Waals surface area (Å²) in [6.45, 7) is 4.34. The molecule has 4 nitrogen and oxygen atoms in total. The van der Waals surface area contributed by atoms with E-state index in [2.05, 4.69) is 21.2 Å². The number of hydrogen-bond acceptors (Lipinski definition) is 3. The Balaban J connectivity index is 1.85. The second kappa shape index (κ2) is 14.8. The van der Waals surface area contributed by atoms with Crippen LogP contribution in [0.2, 0.25) is 10.0 Å². The highest BCUT2D eigenvalue weighted by molar-refractivity contribution is 9.10. The molecule has 37 heavy (non-hydrogen) atoms. The molecule has 0 unspecified atom stereocenters. The van der Waals surface area contributed by atoms with Gasteiger partial charge < -0.3 is 10.2 Å². The number of nitrogens with one attached hydrogen (secondary N) is 1. The largest absolute Gasteiger partial charge is 0.352 e. The molecule has 0 bridgehead atoms.